The summed E-state index contributed by atoms with van der Waals surface area (Å²) in [6.07, 6.45) is 9.32. The van der Waals surface area contributed by atoms with Crippen LogP contribution in [-0.2, 0) is 15.6 Å². The van der Waals surface area contributed by atoms with Crippen molar-refractivity contribution in [2.24, 2.45) is 0 Å². The lowest BCUT2D eigenvalue weighted by Gasteiger charge is -2.21. The van der Waals surface area contributed by atoms with Crippen molar-refractivity contribution in [2.45, 2.75) is 43.9 Å². The van der Waals surface area contributed by atoms with E-state index in [1.165, 1.54) is 38.4 Å². The monoisotopic (exact) mass is 390 g/mol. The summed E-state index contributed by atoms with van der Waals surface area (Å²) in [7, 11) is -3.06. The minimum Gasteiger partial charge on any atom is -0.357 e. The predicted molar refractivity (Wildman–Crippen MR) is 105 cm³/mol. The maximum absolute atomic E-state index is 11.6. The Morgan fingerprint density at radius 3 is 2.85 bits per heavy atom. The van der Waals surface area contributed by atoms with Gasteiger partial charge in [0.1, 0.15) is 0 Å². The van der Waals surface area contributed by atoms with Crippen molar-refractivity contribution in [2.75, 3.05) is 11.6 Å². The van der Waals surface area contributed by atoms with E-state index in [0.717, 1.165) is 26.9 Å². The SMILES string of the molecule is CS(=O)(=O)Cc1cccc(-c2cnc3sc(NC4CCCCC4)nn23)c1. The molecule has 0 unspecified atom stereocenters. The number of sulfone groups is 1. The second-order valence-electron chi connectivity index (χ2n) is 6.99. The first-order valence-corrected chi connectivity index (χ1v) is 11.7. The molecule has 0 bridgehead atoms. The number of benzene rings is 1. The minimum absolute atomic E-state index is 0.0360. The van der Waals surface area contributed by atoms with Crippen LogP contribution in [0.15, 0.2) is 30.5 Å². The fourth-order valence-corrected chi connectivity index (χ4v) is 5.13. The van der Waals surface area contributed by atoms with Crippen LogP contribution in [0.4, 0.5) is 5.13 Å². The van der Waals surface area contributed by atoms with Gasteiger partial charge in [-0.05, 0) is 24.5 Å². The normalized spacial score (nSPS) is 16.2. The molecule has 0 amide bonds. The smallest absolute Gasteiger partial charge is 0.214 e. The molecule has 4 rings (SSSR count). The lowest BCUT2D eigenvalue weighted by Crippen LogP contribution is -2.22. The van der Waals surface area contributed by atoms with E-state index in [1.807, 2.05) is 28.8 Å². The highest BCUT2D eigenvalue weighted by Crippen LogP contribution is 2.29. The second kappa shape index (κ2) is 7.00. The van der Waals surface area contributed by atoms with Crippen LogP contribution in [0.25, 0.3) is 16.2 Å². The van der Waals surface area contributed by atoms with Crippen LogP contribution in [-0.4, -0.2) is 35.3 Å². The number of imidazole rings is 1. The van der Waals surface area contributed by atoms with Crippen molar-refractivity contribution in [3.63, 3.8) is 0 Å². The van der Waals surface area contributed by atoms with Gasteiger partial charge >= 0.3 is 0 Å². The molecular weight excluding hydrogens is 368 g/mol. The largest absolute Gasteiger partial charge is 0.357 e. The molecule has 0 radical (unpaired) electrons. The number of fused-ring (bicyclic) bond motifs is 1. The molecule has 3 aromatic rings. The first kappa shape index (κ1) is 17.5. The Labute approximate surface area is 157 Å². The molecule has 0 spiro atoms. The Kier molecular flexibility index (Phi) is 4.71. The van der Waals surface area contributed by atoms with E-state index in [9.17, 15) is 8.42 Å². The zero-order chi connectivity index (χ0) is 18.1. The molecule has 1 aliphatic carbocycles. The standard InChI is InChI=1S/C18H22N4O2S2/c1-26(23,24)12-13-6-5-7-14(10-13)16-11-19-18-22(16)21-17(25-18)20-15-8-3-2-4-9-15/h5-7,10-11,15H,2-4,8-9,12H2,1H3,(H,20,21). The number of nitrogens with one attached hydrogen (secondary N) is 1. The van der Waals surface area contributed by atoms with Crippen LogP contribution < -0.4 is 5.32 Å². The van der Waals surface area contributed by atoms with Gasteiger partial charge in [0.25, 0.3) is 0 Å². The molecule has 2 heterocycles. The average molecular weight is 391 g/mol. The van der Waals surface area contributed by atoms with E-state index in [2.05, 4.69) is 10.3 Å². The van der Waals surface area contributed by atoms with E-state index in [0.29, 0.717) is 6.04 Å². The number of aromatic nitrogens is 3. The van der Waals surface area contributed by atoms with E-state index in [1.54, 1.807) is 17.5 Å². The zero-order valence-corrected chi connectivity index (χ0v) is 16.3. The van der Waals surface area contributed by atoms with Gasteiger partial charge in [0.15, 0.2) is 9.84 Å². The fraction of sp³-hybridized carbons (Fsp3) is 0.444. The molecule has 0 aliphatic heterocycles. The Balaban J connectivity index is 1.61. The fourth-order valence-electron chi connectivity index (χ4n) is 3.49. The van der Waals surface area contributed by atoms with Gasteiger partial charge in [-0.3, -0.25) is 0 Å². The number of nitrogens with zero attached hydrogens (tertiary/aromatic N) is 3. The molecule has 0 saturated heterocycles. The van der Waals surface area contributed by atoms with Gasteiger partial charge in [0.2, 0.25) is 10.1 Å². The molecule has 1 saturated carbocycles. The van der Waals surface area contributed by atoms with Crippen molar-refractivity contribution in [1.29, 1.82) is 0 Å². The first-order chi connectivity index (χ1) is 12.5. The quantitative estimate of drug-likeness (QED) is 0.718. The molecule has 138 valence electrons. The van der Waals surface area contributed by atoms with Crippen molar-refractivity contribution in [3.8, 4) is 11.3 Å². The van der Waals surface area contributed by atoms with Crippen LogP contribution in [0.5, 0.6) is 0 Å². The summed E-state index contributed by atoms with van der Waals surface area (Å²) >= 11 is 1.55. The van der Waals surface area contributed by atoms with Crippen LogP contribution in [0.1, 0.15) is 37.7 Å². The molecule has 26 heavy (non-hydrogen) atoms. The van der Waals surface area contributed by atoms with Gasteiger partial charge in [0, 0.05) is 17.9 Å². The zero-order valence-electron chi connectivity index (χ0n) is 14.7. The molecule has 1 N–H and O–H groups in total. The maximum atomic E-state index is 11.6. The molecule has 1 aromatic carbocycles. The summed E-state index contributed by atoms with van der Waals surface area (Å²) in [5.41, 5.74) is 2.58. The van der Waals surface area contributed by atoms with Gasteiger partial charge < -0.3 is 5.32 Å². The summed E-state index contributed by atoms with van der Waals surface area (Å²) in [6.45, 7) is 0. The number of rotatable bonds is 5. The predicted octanol–water partition coefficient (Wildman–Crippen LogP) is 3.75. The van der Waals surface area contributed by atoms with Gasteiger partial charge in [-0.1, -0.05) is 48.8 Å². The van der Waals surface area contributed by atoms with Crippen molar-refractivity contribution in [3.05, 3.63) is 36.0 Å². The van der Waals surface area contributed by atoms with Crippen LogP contribution in [0.2, 0.25) is 0 Å². The summed E-state index contributed by atoms with van der Waals surface area (Å²) in [6, 6.07) is 8.07. The Morgan fingerprint density at radius 2 is 2.08 bits per heavy atom. The molecule has 0 atom stereocenters. The third-order valence-corrected chi connectivity index (χ3v) is 6.38. The van der Waals surface area contributed by atoms with Gasteiger partial charge in [0.05, 0.1) is 17.6 Å². The Bertz CT molecular complexity index is 1020. The maximum Gasteiger partial charge on any atom is 0.214 e. The number of hydrogen-bond acceptors (Lipinski definition) is 6. The van der Waals surface area contributed by atoms with Gasteiger partial charge in [-0.15, -0.1) is 5.10 Å². The minimum atomic E-state index is -3.06. The topological polar surface area (TPSA) is 76.4 Å². The number of hydrogen-bond donors (Lipinski definition) is 1. The third kappa shape index (κ3) is 3.91. The van der Waals surface area contributed by atoms with Crippen LogP contribution in [0, 0.1) is 0 Å². The summed E-state index contributed by atoms with van der Waals surface area (Å²) < 4.78 is 25.0. The summed E-state index contributed by atoms with van der Waals surface area (Å²) in [4.78, 5) is 5.31. The average Bonchev–Trinajstić information content (AvgIpc) is 3.14. The Morgan fingerprint density at radius 1 is 1.27 bits per heavy atom. The molecule has 6 nitrogen and oxygen atoms in total. The Hall–Kier alpha value is -1.93. The molecule has 2 aromatic heterocycles. The highest BCUT2D eigenvalue weighted by molar-refractivity contribution is 7.89. The summed E-state index contributed by atoms with van der Waals surface area (Å²) in [5, 5.41) is 9.13. The molecule has 1 aliphatic rings. The van der Waals surface area contributed by atoms with E-state index in [4.69, 9.17) is 5.10 Å². The highest BCUT2D eigenvalue weighted by atomic mass is 32.2. The highest BCUT2D eigenvalue weighted by Gasteiger charge is 2.17. The summed E-state index contributed by atoms with van der Waals surface area (Å²) in [5.74, 6) is 0.0360. The second-order valence-corrected chi connectivity index (χ2v) is 10.1. The van der Waals surface area contributed by atoms with Crippen molar-refractivity contribution < 1.29 is 8.42 Å². The molecular formula is C18H22N4O2S2. The first-order valence-electron chi connectivity index (χ1n) is 8.86. The third-order valence-electron chi connectivity index (χ3n) is 4.67. The van der Waals surface area contributed by atoms with Crippen LogP contribution in [0.3, 0.4) is 0 Å². The molecule has 8 heteroatoms. The van der Waals surface area contributed by atoms with E-state index < -0.39 is 9.84 Å². The molecule has 1 fully saturated rings. The number of anilines is 1. The van der Waals surface area contributed by atoms with Gasteiger partial charge in [-0.2, -0.15) is 0 Å². The van der Waals surface area contributed by atoms with Crippen molar-refractivity contribution in [1.82, 2.24) is 14.6 Å². The van der Waals surface area contributed by atoms with Gasteiger partial charge in [-0.25, -0.2) is 17.9 Å². The van der Waals surface area contributed by atoms with Crippen LogP contribution >= 0.6 is 11.3 Å². The van der Waals surface area contributed by atoms with Crippen molar-refractivity contribution >= 4 is 31.3 Å². The lowest BCUT2D eigenvalue weighted by atomic mass is 9.96. The van der Waals surface area contributed by atoms with E-state index >= 15 is 0 Å². The lowest BCUT2D eigenvalue weighted by molar-refractivity contribution is 0.462. The van der Waals surface area contributed by atoms with E-state index in [-0.39, 0.29) is 5.75 Å².